The maximum atomic E-state index is 12.9. The number of carbonyl (C=O) groups excluding carboxylic acids is 1. The summed E-state index contributed by atoms with van der Waals surface area (Å²) in [6.45, 7) is 1.96. The summed E-state index contributed by atoms with van der Waals surface area (Å²) in [4.78, 5) is 29.9. The summed E-state index contributed by atoms with van der Waals surface area (Å²) in [6, 6.07) is 12.5. The molecule has 3 rings (SSSR count). The van der Waals surface area contributed by atoms with Crippen molar-refractivity contribution in [3.05, 3.63) is 68.7 Å². The molecule has 27 heavy (non-hydrogen) atoms. The van der Waals surface area contributed by atoms with Crippen LogP contribution in [-0.2, 0) is 7.05 Å². The van der Waals surface area contributed by atoms with Crippen molar-refractivity contribution in [1.82, 2.24) is 14.5 Å². The number of nitrogens with zero attached hydrogens (tertiary/aromatic N) is 2. The van der Waals surface area contributed by atoms with Crippen molar-refractivity contribution in [2.75, 3.05) is 14.2 Å². The molecule has 0 saturated carbocycles. The highest BCUT2D eigenvalue weighted by Crippen LogP contribution is 2.23. The Balaban J connectivity index is 1.93. The molecule has 7 heteroatoms. The molecule has 2 aromatic carbocycles. The Hall–Kier alpha value is -2.93. The summed E-state index contributed by atoms with van der Waals surface area (Å²) in [7, 11) is 4.99. The lowest BCUT2D eigenvalue weighted by Crippen LogP contribution is -2.29. The van der Waals surface area contributed by atoms with E-state index in [1.165, 1.54) is 4.57 Å². The number of rotatable bonds is 4. The smallest absolute Gasteiger partial charge is 0.261 e. The van der Waals surface area contributed by atoms with Crippen molar-refractivity contribution >= 4 is 29.0 Å². The number of hydrogen-bond acceptors (Lipinski definition) is 4. The van der Waals surface area contributed by atoms with Crippen LogP contribution in [0.1, 0.15) is 28.9 Å². The van der Waals surface area contributed by atoms with Crippen LogP contribution in [0.2, 0.25) is 0 Å². The number of aromatic amines is 1. The molecule has 0 aliphatic heterocycles. The molecule has 140 valence electrons. The van der Waals surface area contributed by atoms with Gasteiger partial charge in [-0.2, -0.15) is 0 Å². The van der Waals surface area contributed by atoms with Gasteiger partial charge in [-0.15, -0.1) is 0 Å². The van der Waals surface area contributed by atoms with Crippen LogP contribution in [0.5, 0.6) is 5.75 Å². The van der Waals surface area contributed by atoms with Gasteiger partial charge in [-0.3, -0.25) is 14.2 Å². The van der Waals surface area contributed by atoms with Gasteiger partial charge in [0.1, 0.15) is 5.75 Å². The van der Waals surface area contributed by atoms with Crippen molar-refractivity contribution in [3.63, 3.8) is 0 Å². The second-order valence-corrected chi connectivity index (χ2v) is 6.81. The van der Waals surface area contributed by atoms with E-state index >= 15 is 0 Å². The molecule has 0 radical (unpaired) electrons. The molecular weight excluding hydrogens is 362 g/mol. The lowest BCUT2D eigenvalue weighted by Gasteiger charge is -2.25. The molecule has 1 atom stereocenters. The maximum Gasteiger partial charge on any atom is 0.261 e. The number of ether oxygens (including phenoxy) is 1. The van der Waals surface area contributed by atoms with Gasteiger partial charge in [-0.1, -0.05) is 12.1 Å². The van der Waals surface area contributed by atoms with E-state index in [0.29, 0.717) is 21.2 Å². The first-order chi connectivity index (χ1) is 12.8. The lowest BCUT2D eigenvalue weighted by molar-refractivity contribution is 0.0743. The normalized spacial score (nSPS) is 12.0. The molecule has 6 nitrogen and oxygen atoms in total. The molecule has 0 spiro atoms. The standard InChI is InChI=1S/C20H21N3O3S/c1-12(13-5-8-15(26-4)9-6-13)22(2)18(24)14-7-10-16-17(11-14)21-20(27)23(3)19(16)25/h5-12H,1-4H3,(H,21,27). The number of methoxy groups -OCH3 is 1. The second kappa shape index (κ2) is 7.36. The van der Waals surface area contributed by atoms with E-state index in [1.807, 2.05) is 31.2 Å². The van der Waals surface area contributed by atoms with Gasteiger partial charge in [0.25, 0.3) is 11.5 Å². The van der Waals surface area contributed by atoms with Gasteiger partial charge >= 0.3 is 0 Å². The SMILES string of the molecule is COc1ccc(C(C)N(C)C(=O)c2ccc3c(=O)n(C)c(=S)[nH]c3c2)cc1. The Morgan fingerprint density at radius 2 is 1.89 bits per heavy atom. The minimum absolute atomic E-state index is 0.124. The summed E-state index contributed by atoms with van der Waals surface area (Å²) in [5, 5.41) is 0.494. The van der Waals surface area contributed by atoms with Gasteiger partial charge in [0.15, 0.2) is 4.77 Å². The zero-order valence-corrected chi connectivity index (χ0v) is 16.5. The highest BCUT2D eigenvalue weighted by molar-refractivity contribution is 7.71. The molecule has 1 N–H and O–H groups in total. The molecule has 1 aromatic heterocycles. The monoisotopic (exact) mass is 383 g/mol. The Morgan fingerprint density at radius 1 is 1.22 bits per heavy atom. The van der Waals surface area contributed by atoms with E-state index in [1.54, 1.807) is 44.3 Å². The van der Waals surface area contributed by atoms with Crippen molar-refractivity contribution in [2.45, 2.75) is 13.0 Å². The summed E-state index contributed by atoms with van der Waals surface area (Å²) in [5.74, 6) is 0.631. The predicted octanol–water partition coefficient (Wildman–Crippen LogP) is 3.44. The number of hydrogen-bond donors (Lipinski definition) is 1. The average molecular weight is 383 g/mol. The fourth-order valence-electron chi connectivity index (χ4n) is 2.92. The Bertz CT molecular complexity index is 1120. The highest BCUT2D eigenvalue weighted by Gasteiger charge is 2.19. The van der Waals surface area contributed by atoms with Gasteiger partial charge < -0.3 is 14.6 Å². The minimum Gasteiger partial charge on any atom is -0.497 e. The molecule has 0 fully saturated rings. The molecule has 0 aliphatic carbocycles. The Labute approximate surface area is 162 Å². The van der Waals surface area contributed by atoms with Crippen LogP contribution >= 0.6 is 12.2 Å². The fourth-order valence-corrected chi connectivity index (χ4v) is 3.12. The van der Waals surface area contributed by atoms with Gasteiger partial charge in [0, 0.05) is 19.7 Å². The number of carbonyl (C=O) groups is 1. The Kier molecular flexibility index (Phi) is 5.14. The highest BCUT2D eigenvalue weighted by atomic mass is 32.1. The molecule has 1 amide bonds. The number of fused-ring (bicyclic) bond motifs is 1. The fraction of sp³-hybridized carbons (Fsp3) is 0.250. The van der Waals surface area contributed by atoms with Gasteiger partial charge in [0.05, 0.1) is 24.1 Å². The molecule has 0 bridgehead atoms. The van der Waals surface area contributed by atoms with E-state index in [2.05, 4.69) is 4.98 Å². The number of amides is 1. The van der Waals surface area contributed by atoms with Crippen molar-refractivity contribution in [1.29, 1.82) is 0 Å². The largest absolute Gasteiger partial charge is 0.497 e. The summed E-state index contributed by atoms with van der Waals surface area (Å²) >= 11 is 5.16. The molecule has 1 heterocycles. The first-order valence-corrected chi connectivity index (χ1v) is 8.88. The first-order valence-electron chi connectivity index (χ1n) is 8.47. The van der Waals surface area contributed by atoms with E-state index in [-0.39, 0.29) is 17.5 Å². The van der Waals surface area contributed by atoms with Crippen LogP contribution in [0.25, 0.3) is 10.9 Å². The number of benzene rings is 2. The Morgan fingerprint density at radius 3 is 2.52 bits per heavy atom. The van der Waals surface area contributed by atoms with E-state index in [9.17, 15) is 9.59 Å². The number of nitrogens with one attached hydrogen (secondary N) is 1. The molecule has 1 unspecified atom stereocenters. The predicted molar refractivity (Wildman–Crippen MR) is 108 cm³/mol. The third-order valence-electron chi connectivity index (χ3n) is 4.85. The second-order valence-electron chi connectivity index (χ2n) is 6.42. The van der Waals surface area contributed by atoms with Crippen LogP contribution in [0.3, 0.4) is 0 Å². The third kappa shape index (κ3) is 3.50. The van der Waals surface area contributed by atoms with Crippen molar-refractivity contribution in [2.24, 2.45) is 7.05 Å². The van der Waals surface area contributed by atoms with Crippen LogP contribution in [0.15, 0.2) is 47.3 Å². The van der Waals surface area contributed by atoms with Crippen LogP contribution in [0.4, 0.5) is 0 Å². The van der Waals surface area contributed by atoms with Crippen LogP contribution < -0.4 is 10.3 Å². The summed E-state index contributed by atoms with van der Waals surface area (Å²) in [5.41, 5.74) is 1.86. The van der Waals surface area contributed by atoms with Gasteiger partial charge in [0.2, 0.25) is 0 Å². The average Bonchev–Trinajstić information content (AvgIpc) is 2.70. The van der Waals surface area contributed by atoms with Crippen LogP contribution in [0, 0.1) is 4.77 Å². The molecular formula is C20H21N3O3S. The molecule has 3 aromatic rings. The van der Waals surface area contributed by atoms with Gasteiger partial charge in [-0.25, -0.2) is 0 Å². The number of aromatic nitrogens is 2. The van der Waals surface area contributed by atoms with Gasteiger partial charge in [-0.05, 0) is 55.0 Å². The first kappa shape index (κ1) is 18.8. The maximum absolute atomic E-state index is 12.9. The van der Waals surface area contributed by atoms with Crippen molar-refractivity contribution < 1.29 is 9.53 Å². The topological polar surface area (TPSA) is 67.3 Å². The lowest BCUT2D eigenvalue weighted by atomic mass is 10.1. The third-order valence-corrected chi connectivity index (χ3v) is 5.22. The van der Waals surface area contributed by atoms with Crippen molar-refractivity contribution in [3.8, 4) is 5.75 Å². The zero-order chi connectivity index (χ0) is 19.7. The van der Waals surface area contributed by atoms with Crippen LogP contribution in [-0.4, -0.2) is 34.5 Å². The van der Waals surface area contributed by atoms with E-state index in [0.717, 1.165) is 11.3 Å². The quantitative estimate of drug-likeness (QED) is 0.701. The van der Waals surface area contributed by atoms with E-state index in [4.69, 9.17) is 17.0 Å². The van der Waals surface area contributed by atoms with E-state index < -0.39 is 0 Å². The number of H-pyrrole nitrogens is 1. The summed E-state index contributed by atoms with van der Waals surface area (Å²) < 4.78 is 6.86. The molecule has 0 saturated heterocycles. The molecule has 0 aliphatic rings. The zero-order valence-electron chi connectivity index (χ0n) is 15.6. The minimum atomic E-state index is -0.187. The summed E-state index contributed by atoms with van der Waals surface area (Å²) in [6.07, 6.45) is 0.